The van der Waals surface area contributed by atoms with Crippen molar-refractivity contribution in [1.29, 1.82) is 0 Å². The maximum Gasteiger partial charge on any atom is 0.145 e. The lowest BCUT2D eigenvalue weighted by atomic mass is 9.97. The Labute approximate surface area is 148 Å². The van der Waals surface area contributed by atoms with Crippen molar-refractivity contribution in [3.05, 3.63) is 28.5 Å². The third-order valence-corrected chi connectivity index (χ3v) is 4.66. The van der Waals surface area contributed by atoms with Gasteiger partial charge in [0.2, 0.25) is 0 Å². The predicted octanol–water partition coefficient (Wildman–Crippen LogP) is 3.77. The smallest absolute Gasteiger partial charge is 0.145 e. The maximum atomic E-state index is 13.4. The standard InChI is InChI=1S/C15H20ClFN2O.2ClH/c16-14-12(17)4-3-11(15(14)20)13(9-10-1-2-10)19-7-5-18-6-8-19;;/h3-4,10,13,18,20H,1-2,5-9H2;2*1H/t13-;;/m1../s1. The van der Waals surface area contributed by atoms with Crippen molar-refractivity contribution in [3.63, 3.8) is 0 Å². The number of aromatic hydroxyl groups is 1. The molecule has 2 aliphatic rings. The van der Waals surface area contributed by atoms with E-state index >= 15 is 0 Å². The lowest BCUT2D eigenvalue weighted by Gasteiger charge is -2.35. The summed E-state index contributed by atoms with van der Waals surface area (Å²) in [5.74, 6) is 0.0902. The zero-order valence-electron chi connectivity index (χ0n) is 12.2. The first-order valence-electron chi connectivity index (χ1n) is 7.28. The number of piperazine rings is 1. The summed E-state index contributed by atoms with van der Waals surface area (Å²) in [5, 5.41) is 13.4. The molecule has 0 radical (unpaired) electrons. The molecule has 0 aromatic heterocycles. The molecule has 1 aliphatic heterocycles. The number of hydrogen-bond acceptors (Lipinski definition) is 3. The monoisotopic (exact) mass is 370 g/mol. The maximum absolute atomic E-state index is 13.4. The fourth-order valence-electron chi connectivity index (χ4n) is 2.96. The minimum absolute atomic E-state index is 0. The van der Waals surface area contributed by atoms with E-state index in [1.165, 1.54) is 18.9 Å². The van der Waals surface area contributed by atoms with Crippen molar-refractivity contribution in [2.24, 2.45) is 5.92 Å². The minimum Gasteiger partial charge on any atom is -0.506 e. The van der Waals surface area contributed by atoms with Crippen LogP contribution in [-0.4, -0.2) is 36.2 Å². The summed E-state index contributed by atoms with van der Waals surface area (Å²) >= 11 is 5.86. The molecule has 1 heterocycles. The highest BCUT2D eigenvalue weighted by Crippen LogP contribution is 2.44. The Balaban J connectivity index is 0.00000121. The second kappa shape index (κ2) is 8.55. The van der Waals surface area contributed by atoms with E-state index in [9.17, 15) is 9.50 Å². The van der Waals surface area contributed by atoms with Crippen LogP contribution in [0.4, 0.5) is 4.39 Å². The van der Waals surface area contributed by atoms with Gasteiger partial charge in [0.25, 0.3) is 0 Å². The molecule has 126 valence electrons. The molecule has 1 aromatic rings. The van der Waals surface area contributed by atoms with Gasteiger partial charge in [-0.1, -0.05) is 30.5 Å². The molecule has 1 saturated heterocycles. The molecule has 3 rings (SSSR count). The van der Waals surface area contributed by atoms with Crippen molar-refractivity contribution >= 4 is 36.4 Å². The van der Waals surface area contributed by atoms with Crippen molar-refractivity contribution in [3.8, 4) is 5.75 Å². The van der Waals surface area contributed by atoms with Gasteiger partial charge in [0.05, 0.1) is 0 Å². The van der Waals surface area contributed by atoms with E-state index in [-0.39, 0.29) is 41.6 Å². The van der Waals surface area contributed by atoms with Crippen LogP contribution in [0.25, 0.3) is 0 Å². The van der Waals surface area contributed by atoms with Crippen LogP contribution < -0.4 is 5.32 Å². The molecule has 0 unspecified atom stereocenters. The van der Waals surface area contributed by atoms with Crippen molar-refractivity contribution in [1.82, 2.24) is 10.2 Å². The molecule has 1 saturated carbocycles. The SMILES string of the molecule is Cl.Cl.Oc1c([C@@H](CC2CC2)N2CCNCC2)ccc(F)c1Cl. The Morgan fingerprint density at radius 1 is 1.27 bits per heavy atom. The molecule has 1 aliphatic carbocycles. The zero-order chi connectivity index (χ0) is 14.1. The van der Waals surface area contributed by atoms with Crippen LogP contribution in [-0.2, 0) is 0 Å². The first-order valence-corrected chi connectivity index (χ1v) is 7.66. The molecule has 0 spiro atoms. The third-order valence-electron chi connectivity index (χ3n) is 4.31. The molecule has 2 N–H and O–H groups in total. The van der Waals surface area contributed by atoms with Gasteiger partial charge in [-0.25, -0.2) is 4.39 Å². The summed E-state index contributed by atoms with van der Waals surface area (Å²) < 4.78 is 13.4. The Bertz CT molecular complexity index is 494. The fourth-order valence-corrected chi connectivity index (χ4v) is 3.13. The second-order valence-electron chi connectivity index (χ2n) is 5.78. The summed E-state index contributed by atoms with van der Waals surface area (Å²) in [6.07, 6.45) is 3.55. The molecular formula is C15H22Cl3FN2O. The van der Waals surface area contributed by atoms with E-state index < -0.39 is 5.82 Å². The number of nitrogens with zero attached hydrogens (tertiary/aromatic N) is 1. The average molecular weight is 372 g/mol. The largest absolute Gasteiger partial charge is 0.506 e. The molecule has 22 heavy (non-hydrogen) atoms. The summed E-state index contributed by atoms with van der Waals surface area (Å²) in [6, 6.07) is 3.19. The molecule has 7 heteroatoms. The Hall–Kier alpha value is -0.260. The summed E-state index contributed by atoms with van der Waals surface area (Å²) in [6.45, 7) is 3.81. The van der Waals surface area contributed by atoms with Gasteiger partial charge in [-0.3, -0.25) is 4.90 Å². The van der Waals surface area contributed by atoms with E-state index in [0.717, 1.165) is 44.1 Å². The Kier molecular flexibility index (Phi) is 7.69. The highest BCUT2D eigenvalue weighted by molar-refractivity contribution is 6.32. The van der Waals surface area contributed by atoms with Crippen LogP contribution in [0.1, 0.15) is 30.9 Å². The minimum atomic E-state index is -0.557. The highest BCUT2D eigenvalue weighted by Gasteiger charge is 2.32. The summed E-state index contributed by atoms with van der Waals surface area (Å²) in [7, 11) is 0. The van der Waals surface area contributed by atoms with Gasteiger partial charge < -0.3 is 10.4 Å². The molecule has 1 atom stereocenters. The number of phenolic OH excluding ortho intramolecular Hbond substituents is 1. The van der Waals surface area contributed by atoms with Crippen LogP contribution >= 0.6 is 36.4 Å². The first-order chi connectivity index (χ1) is 9.66. The van der Waals surface area contributed by atoms with Gasteiger partial charge in [-0.2, -0.15) is 0 Å². The van der Waals surface area contributed by atoms with Gasteiger partial charge in [-0.15, -0.1) is 24.8 Å². The average Bonchev–Trinajstić information content (AvgIpc) is 3.28. The van der Waals surface area contributed by atoms with Gasteiger partial charge in [-0.05, 0) is 18.4 Å². The number of hydrogen-bond donors (Lipinski definition) is 2. The summed E-state index contributed by atoms with van der Waals surface area (Å²) in [5.41, 5.74) is 0.769. The molecule has 0 bridgehead atoms. The molecule has 1 aromatic carbocycles. The highest BCUT2D eigenvalue weighted by atomic mass is 35.5. The molecular weight excluding hydrogens is 350 g/mol. The second-order valence-corrected chi connectivity index (χ2v) is 6.16. The van der Waals surface area contributed by atoms with Crippen LogP contribution in [0.2, 0.25) is 5.02 Å². The number of halogens is 4. The molecule has 3 nitrogen and oxygen atoms in total. The fraction of sp³-hybridized carbons (Fsp3) is 0.600. The topological polar surface area (TPSA) is 35.5 Å². The van der Waals surface area contributed by atoms with Crippen molar-refractivity contribution in [2.75, 3.05) is 26.2 Å². The van der Waals surface area contributed by atoms with Gasteiger partial charge >= 0.3 is 0 Å². The van der Waals surface area contributed by atoms with E-state index in [2.05, 4.69) is 10.2 Å². The number of phenols is 1. The number of benzene rings is 1. The quantitative estimate of drug-likeness (QED) is 0.845. The van der Waals surface area contributed by atoms with E-state index in [0.29, 0.717) is 0 Å². The number of nitrogens with one attached hydrogen (secondary N) is 1. The van der Waals surface area contributed by atoms with E-state index in [4.69, 9.17) is 11.6 Å². The zero-order valence-corrected chi connectivity index (χ0v) is 14.6. The Morgan fingerprint density at radius 3 is 2.50 bits per heavy atom. The molecule has 2 fully saturated rings. The number of rotatable bonds is 4. The van der Waals surface area contributed by atoms with Crippen LogP contribution in [0, 0.1) is 11.7 Å². The Morgan fingerprint density at radius 2 is 1.91 bits per heavy atom. The molecule has 0 amide bonds. The van der Waals surface area contributed by atoms with Crippen LogP contribution in [0.3, 0.4) is 0 Å². The van der Waals surface area contributed by atoms with Crippen LogP contribution in [0.5, 0.6) is 5.75 Å². The third kappa shape index (κ3) is 4.39. The lowest BCUT2D eigenvalue weighted by Crippen LogP contribution is -2.45. The normalized spacial score (nSPS) is 19.9. The van der Waals surface area contributed by atoms with Crippen LogP contribution in [0.15, 0.2) is 12.1 Å². The summed E-state index contributed by atoms with van der Waals surface area (Å²) in [4.78, 5) is 2.37. The lowest BCUT2D eigenvalue weighted by molar-refractivity contribution is 0.158. The van der Waals surface area contributed by atoms with Crippen molar-refractivity contribution in [2.45, 2.75) is 25.3 Å². The predicted molar refractivity (Wildman–Crippen MR) is 92.1 cm³/mol. The van der Waals surface area contributed by atoms with Gasteiger partial charge in [0.1, 0.15) is 16.6 Å². The van der Waals surface area contributed by atoms with Gasteiger partial charge in [0.15, 0.2) is 0 Å². The van der Waals surface area contributed by atoms with E-state index in [1.54, 1.807) is 6.07 Å². The van der Waals surface area contributed by atoms with E-state index in [1.807, 2.05) is 0 Å². The van der Waals surface area contributed by atoms with Crippen molar-refractivity contribution < 1.29 is 9.50 Å². The first kappa shape index (κ1) is 19.8. The van der Waals surface area contributed by atoms with Gasteiger partial charge in [0, 0.05) is 37.8 Å².